The van der Waals surface area contributed by atoms with E-state index in [2.05, 4.69) is 56.2 Å². The minimum absolute atomic E-state index is 0.0318. The number of anilines is 2. The fourth-order valence-electron chi connectivity index (χ4n) is 5.19. The van der Waals surface area contributed by atoms with Gasteiger partial charge in [-0.3, -0.25) is 9.97 Å². The van der Waals surface area contributed by atoms with Crippen molar-refractivity contribution in [2.75, 3.05) is 17.2 Å². The number of rotatable bonds is 12. The summed E-state index contributed by atoms with van der Waals surface area (Å²) < 4.78 is 0. The maximum atomic E-state index is 10.5. The van der Waals surface area contributed by atoms with E-state index in [0.29, 0.717) is 45.1 Å². The Bertz CT molecular complexity index is 1620. The van der Waals surface area contributed by atoms with Gasteiger partial charge in [0.25, 0.3) is 0 Å². The Morgan fingerprint density at radius 1 is 1.17 bits per heavy atom. The van der Waals surface area contributed by atoms with Crippen molar-refractivity contribution in [3.05, 3.63) is 107 Å². The van der Waals surface area contributed by atoms with Crippen LogP contribution in [-0.4, -0.2) is 27.2 Å². The summed E-state index contributed by atoms with van der Waals surface area (Å²) >= 11 is 6.78. The molecule has 0 amide bonds. The minimum Gasteiger partial charge on any atom is -0.388 e. The van der Waals surface area contributed by atoms with E-state index in [1.807, 2.05) is 36.4 Å². The van der Waals surface area contributed by atoms with E-state index >= 15 is 0 Å². The average Bonchev–Trinajstić information content (AvgIpc) is 3.01. The molecule has 0 spiro atoms. The van der Waals surface area contributed by atoms with E-state index in [1.165, 1.54) is 0 Å². The summed E-state index contributed by atoms with van der Waals surface area (Å²) in [6.07, 6.45) is 9.90. The molecule has 4 aromatic rings. The van der Waals surface area contributed by atoms with Crippen LogP contribution in [0.4, 0.5) is 11.4 Å². The summed E-state index contributed by atoms with van der Waals surface area (Å²) in [5, 5.41) is 35.6. The molecule has 0 aliphatic heterocycles. The summed E-state index contributed by atoms with van der Waals surface area (Å²) in [6, 6.07) is 19.2. The van der Waals surface area contributed by atoms with E-state index in [9.17, 15) is 10.4 Å². The average molecular weight is 581 g/mol. The molecule has 10 heteroatoms. The van der Waals surface area contributed by atoms with E-state index in [4.69, 9.17) is 17.1 Å². The van der Waals surface area contributed by atoms with Gasteiger partial charge in [0, 0.05) is 42.4 Å². The minimum atomic E-state index is -0.725. The summed E-state index contributed by atoms with van der Waals surface area (Å²) in [6.45, 7) is 2.47. The molecule has 1 saturated carbocycles. The SMILES string of the molecule is CC[C@@H](Nc1c(C#N)cnc2c(Cl)cc(N[C@H](/C(=C/NCC3(O)CCC3)N=N)c3cccnc3)cc12)c1ccccc1. The van der Waals surface area contributed by atoms with Crippen molar-refractivity contribution >= 4 is 33.9 Å². The van der Waals surface area contributed by atoms with Crippen LogP contribution in [0.5, 0.6) is 0 Å². The fourth-order valence-corrected chi connectivity index (χ4v) is 5.46. The topological polar surface area (TPSA) is 142 Å². The third kappa shape index (κ3) is 6.35. The Balaban J connectivity index is 1.53. The van der Waals surface area contributed by atoms with Crippen LogP contribution in [0.3, 0.4) is 0 Å². The van der Waals surface area contributed by atoms with Crippen molar-refractivity contribution < 1.29 is 5.11 Å². The highest BCUT2D eigenvalue weighted by Gasteiger charge is 2.33. The number of aliphatic hydroxyl groups is 1. The van der Waals surface area contributed by atoms with Crippen molar-refractivity contribution in [3.8, 4) is 6.07 Å². The first kappa shape index (κ1) is 29.0. The molecule has 2 heterocycles. The van der Waals surface area contributed by atoms with Crippen LogP contribution >= 0.6 is 11.6 Å². The third-order valence-electron chi connectivity index (χ3n) is 7.69. The Morgan fingerprint density at radius 2 is 1.95 bits per heavy atom. The van der Waals surface area contributed by atoms with Crippen LogP contribution in [-0.2, 0) is 0 Å². The molecule has 2 atom stereocenters. The molecule has 1 aliphatic carbocycles. The second kappa shape index (κ2) is 13.0. The molecule has 2 aromatic heterocycles. The molecule has 0 bridgehead atoms. The maximum absolute atomic E-state index is 10.5. The standard InChI is InChI=1S/C32H33ClN8O/c1-2-27(21-8-4-3-5-9-21)40-29-23(16-34)18-38-31-25(29)14-24(15-26(31)33)39-30(22-10-6-13-36-17-22)28(41-35)19-37-20-32(42)11-7-12-32/h3-6,8-10,13-15,17-19,27,30,35,37,39,42H,2,7,11-12,20H2,1H3,(H,38,40)/b28-19-,41-35?/t27-,30+/m1/s1. The number of hydrogen-bond acceptors (Lipinski definition) is 9. The van der Waals surface area contributed by atoms with Crippen LogP contribution in [0.15, 0.2) is 90.2 Å². The van der Waals surface area contributed by atoms with Gasteiger partial charge in [-0.05, 0) is 55.0 Å². The number of fused-ring (bicyclic) bond motifs is 1. The van der Waals surface area contributed by atoms with Crippen molar-refractivity contribution in [1.29, 1.82) is 10.8 Å². The van der Waals surface area contributed by atoms with Crippen LogP contribution in [0, 0.1) is 16.9 Å². The van der Waals surface area contributed by atoms with Crippen LogP contribution in [0.2, 0.25) is 5.02 Å². The first-order chi connectivity index (χ1) is 20.4. The van der Waals surface area contributed by atoms with Crippen LogP contribution in [0.1, 0.15) is 61.4 Å². The Morgan fingerprint density at radius 3 is 2.60 bits per heavy atom. The second-order valence-electron chi connectivity index (χ2n) is 10.5. The molecular weight excluding hydrogens is 548 g/mol. The molecule has 1 aliphatic rings. The summed E-state index contributed by atoms with van der Waals surface area (Å²) in [5.41, 5.74) is 11.8. The smallest absolute Gasteiger partial charge is 0.105 e. The largest absolute Gasteiger partial charge is 0.388 e. The van der Waals surface area contributed by atoms with Gasteiger partial charge in [0.05, 0.1) is 39.5 Å². The van der Waals surface area contributed by atoms with E-state index in [1.54, 1.807) is 30.9 Å². The number of hydrogen-bond donors (Lipinski definition) is 5. The zero-order valence-corrected chi connectivity index (χ0v) is 24.1. The molecule has 2 aromatic carbocycles. The first-order valence-electron chi connectivity index (χ1n) is 14.0. The van der Waals surface area contributed by atoms with E-state index in [-0.39, 0.29) is 6.04 Å². The number of halogens is 1. The predicted octanol–water partition coefficient (Wildman–Crippen LogP) is 7.25. The second-order valence-corrected chi connectivity index (χ2v) is 10.9. The normalized spacial score (nSPS) is 15.6. The number of nitrogens with one attached hydrogen (secondary N) is 4. The van der Waals surface area contributed by atoms with Gasteiger partial charge in [-0.2, -0.15) is 10.4 Å². The molecular formula is C32H33ClN8O. The molecule has 0 saturated heterocycles. The van der Waals surface area contributed by atoms with E-state index in [0.717, 1.165) is 36.8 Å². The quantitative estimate of drug-likeness (QED) is 0.111. The highest BCUT2D eigenvalue weighted by Crippen LogP contribution is 2.37. The van der Waals surface area contributed by atoms with Gasteiger partial charge in [-0.25, -0.2) is 5.53 Å². The zero-order chi connectivity index (χ0) is 29.5. The van der Waals surface area contributed by atoms with Gasteiger partial charge in [0.2, 0.25) is 0 Å². The van der Waals surface area contributed by atoms with Crippen LogP contribution < -0.4 is 16.0 Å². The van der Waals surface area contributed by atoms with Gasteiger partial charge in [0.1, 0.15) is 11.8 Å². The lowest BCUT2D eigenvalue weighted by Crippen LogP contribution is -2.45. The molecule has 5 N–H and O–H groups in total. The van der Waals surface area contributed by atoms with Gasteiger partial charge in [-0.15, -0.1) is 0 Å². The highest BCUT2D eigenvalue weighted by molar-refractivity contribution is 6.35. The van der Waals surface area contributed by atoms with Crippen molar-refractivity contribution in [1.82, 2.24) is 15.3 Å². The number of nitriles is 1. The number of pyridine rings is 2. The number of benzene rings is 2. The van der Waals surface area contributed by atoms with Gasteiger partial charge < -0.3 is 21.1 Å². The predicted molar refractivity (Wildman–Crippen MR) is 165 cm³/mol. The molecule has 1 fully saturated rings. The first-order valence-corrected chi connectivity index (χ1v) is 14.4. The summed E-state index contributed by atoms with van der Waals surface area (Å²) in [4.78, 5) is 8.77. The van der Waals surface area contributed by atoms with Gasteiger partial charge in [0.15, 0.2) is 0 Å². The van der Waals surface area contributed by atoms with Crippen molar-refractivity contribution in [3.63, 3.8) is 0 Å². The number of nitrogens with zero attached hydrogens (tertiary/aromatic N) is 4. The Kier molecular flexibility index (Phi) is 8.96. The van der Waals surface area contributed by atoms with Crippen molar-refractivity contribution in [2.24, 2.45) is 5.11 Å². The Hall–Kier alpha value is -4.52. The molecule has 0 radical (unpaired) electrons. The lowest BCUT2D eigenvalue weighted by Gasteiger charge is -2.36. The molecule has 9 nitrogen and oxygen atoms in total. The third-order valence-corrected chi connectivity index (χ3v) is 7.98. The molecule has 42 heavy (non-hydrogen) atoms. The number of aromatic nitrogens is 2. The molecule has 0 unspecified atom stereocenters. The fraction of sp³-hybridized carbons (Fsp3) is 0.281. The maximum Gasteiger partial charge on any atom is 0.105 e. The van der Waals surface area contributed by atoms with E-state index < -0.39 is 11.6 Å². The molecule has 5 rings (SSSR count). The molecule has 214 valence electrons. The summed E-state index contributed by atoms with van der Waals surface area (Å²) in [7, 11) is 0. The zero-order valence-electron chi connectivity index (χ0n) is 23.3. The van der Waals surface area contributed by atoms with Crippen LogP contribution in [0.25, 0.3) is 10.9 Å². The van der Waals surface area contributed by atoms with Crippen molar-refractivity contribution in [2.45, 2.75) is 50.3 Å². The monoisotopic (exact) mass is 580 g/mol. The Labute approximate surface area is 250 Å². The summed E-state index contributed by atoms with van der Waals surface area (Å²) in [5.74, 6) is 0. The lowest BCUT2D eigenvalue weighted by molar-refractivity contribution is -0.0288. The lowest BCUT2D eigenvalue weighted by atomic mass is 9.80. The highest BCUT2D eigenvalue weighted by atomic mass is 35.5. The van der Waals surface area contributed by atoms with Gasteiger partial charge in [-0.1, -0.05) is 54.9 Å². The van der Waals surface area contributed by atoms with Gasteiger partial charge >= 0.3 is 0 Å².